The average molecular weight is 429 g/mol. The molecule has 118 valence electrons. The molecule has 21 heavy (non-hydrogen) atoms. The Labute approximate surface area is 142 Å². The molecule has 0 bridgehead atoms. The standard InChI is InChI=1S/C15H21S2.3CH3.Sn/c1-2-3-4-5-6-7-8-9-13-12-17-14-10-11-16-15(13)14;;;;/h10,12H,2-9H2,1H3;3*1H3;. The van der Waals surface area contributed by atoms with Crippen molar-refractivity contribution in [3.05, 3.63) is 17.0 Å². The van der Waals surface area contributed by atoms with Crippen LogP contribution in [0.5, 0.6) is 0 Å². The van der Waals surface area contributed by atoms with Gasteiger partial charge in [-0.2, -0.15) is 0 Å². The number of fused-ring (bicyclic) bond motifs is 1. The van der Waals surface area contributed by atoms with Crippen molar-refractivity contribution in [1.82, 2.24) is 0 Å². The van der Waals surface area contributed by atoms with E-state index in [1.54, 1.807) is 17.9 Å². The summed E-state index contributed by atoms with van der Waals surface area (Å²) in [6.07, 6.45) is 11.2. The molecule has 0 aliphatic carbocycles. The predicted molar refractivity (Wildman–Crippen MR) is 104 cm³/mol. The van der Waals surface area contributed by atoms with Crippen LogP contribution in [0.25, 0.3) is 9.40 Å². The van der Waals surface area contributed by atoms with Gasteiger partial charge in [0, 0.05) is 0 Å². The molecule has 0 aliphatic rings. The van der Waals surface area contributed by atoms with Gasteiger partial charge in [-0.1, -0.05) is 6.92 Å². The van der Waals surface area contributed by atoms with Crippen LogP contribution in [0, 0.1) is 0 Å². The van der Waals surface area contributed by atoms with Gasteiger partial charge in [0.2, 0.25) is 0 Å². The van der Waals surface area contributed by atoms with E-state index in [-0.39, 0.29) is 0 Å². The summed E-state index contributed by atoms with van der Waals surface area (Å²) >= 11 is 2.22. The van der Waals surface area contributed by atoms with Gasteiger partial charge in [0.25, 0.3) is 0 Å². The summed E-state index contributed by atoms with van der Waals surface area (Å²) in [6.45, 7) is 2.29. The van der Waals surface area contributed by atoms with E-state index in [0.29, 0.717) is 0 Å². The van der Waals surface area contributed by atoms with Crippen LogP contribution in [0.4, 0.5) is 0 Å². The molecule has 0 saturated carbocycles. The van der Waals surface area contributed by atoms with Gasteiger partial charge in [-0.25, -0.2) is 0 Å². The van der Waals surface area contributed by atoms with Crippen molar-refractivity contribution in [3.63, 3.8) is 0 Å². The van der Waals surface area contributed by atoms with Crippen molar-refractivity contribution < 1.29 is 0 Å². The maximum absolute atomic E-state index is 2.53. The second kappa shape index (κ2) is 8.35. The zero-order chi connectivity index (χ0) is 15.3. The molecule has 2 heterocycles. The van der Waals surface area contributed by atoms with Gasteiger partial charge < -0.3 is 0 Å². The number of hydrogen-bond donors (Lipinski definition) is 0. The van der Waals surface area contributed by atoms with E-state index >= 15 is 0 Å². The summed E-state index contributed by atoms with van der Waals surface area (Å²) in [7, 11) is 0. The first-order valence-corrected chi connectivity index (χ1v) is 20.2. The van der Waals surface area contributed by atoms with Crippen molar-refractivity contribution in [1.29, 1.82) is 0 Å². The van der Waals surface area contributed by atoms with Crippen LogP contribution in [0.15, 0.2) is 11.4 Å². The van der Waals surface area contributed by atoms with Crippen molar-refractivity contribution in [2.45, 2.75) is 73.1 Å². The zero-order valence-electron chi connectivity index (χ0n) is 14.1. The number of rotatable bonds is 9. The van der Waals surface area contributed by atoms with E-state index in [1.165, 1.54) is 51.4 Å². The Hall–Kier alpha value is 0.459. The van der Waals surface area contributed by atoms with E-state index in [2.05, 4.69) is 44.5 Å². The van der Waals surface area contributed by atoms with Crippen LogP contribution in [-0.4, -0.2) is 18.4 Å². The fourth-order valence-corrected chi connectivity index (χ4v) is 10.6. The molecule has 0 saturated heterocycles. The molecule has 0 spiro atoms. The molecular weight excluding hydrogens is 399 g/mol. The number of hydrogen-bond acceptors (Lipinski definition) is 2. The monoisotopic (exact) mass is 430 g/mol. The van der Waals surface area contributed by atoms with E-state index in [1.807, 2.05) is 11.3 Å². The summed E-state index contributed by atoms with van der Waals surface area (Å²) in [4.78, 5) is 7.58. The summed E-state index contributed by atoms with van der Waals surface area (Å²) in [5.41, 5.74) is 1.63. The van der Waals surface area contributed by atoms with E-state index in [9.17, 15) is 0 Å². The minimum absolute atomic E-state index is 1.30. The number of aryl methyl sites for hydroxylation is 1. The van der Waals surface area contributed by atoms with Gasteiger partial charge in [-0.15, -0.1) is 0 Å². The summed E-state index contributed by atoms with van der Waals surface area (Å²) < 4.78 is 4.92. The van der Waals surface area contributed by atoms with Gasteiger partial charge in [0.15, 0.2) is 0 Å². The van der Waals surface area contributed by atoms with Crippen LogP contribution in [0.2, 0.25) is 14.8 Å². The van der Waals surface area contributed by atoms with Gasteiger partial charge in [0.1, 0.15) is 0 Å². The maximum atomic E-state index is 2.53. The first-order valence-electron chi connectivity index (χ1n) is 8.52. The van der Waals surface area contributed by atoms with Crippen molar-refractivity contribution in [2.24, 2.45) is 0 Å². The summed E-state index contributed by atoms with van der Waals surface area (Å²) in [5.74, 6) is 0. The van der Waals surface area contributed by atoms with Crippen molar-refractivity contribution in [3.8, 4) is 0 Å². The fourth-order valence-electron chi connectivity index (χ4n) is 2.69. The molecule has 0 N–H and O–H groups in total. The Balaban J connectivity index is 1.84. The Morgan fingerprint density at radius 1 is 0.952 bits per heavy atom. The van der Waals surface area contributed by atoms with E-state index in [4.69, 9.17) is 0 Å². The quantitative estimate of drug-likeness (QED) is 0.304. The molecule has 0 fully saturated rings. The van der Waals surface area contributed by atoms with Gasteiger partial charge in [-0.3, -0.25) is 0 Å². The van der Waals surface area contributed by atoms with Crippen molar-refractivity contribution in [2.75, 3.05) is 0 Å². The SMILES string of the molecule is CCCCCCCCCc1csc2c[c]([Sn]([CH3])([CH3])[CH3])sc12. The Morgan fingerprint density at radius 2 is 1.62 bits per heavy atom. The van der Waals surface area contributed by atoms with Gasteiger partial charge >= 0.3 is 137 Å². The predicted octanol–water partition coefficient (Wildman–Crippen LogP) is 6.80. The Kier molecular flexibility index (Phi) is 7.08. The van der Waals surface area contributed by atoms with E-state index < -0.39 is 18.4 Å². The molecule has 2 aromatic rings. The van der Waals surface area contributed by atoms with Crippen molar-refractivity contribution >= 4 is 53.3 Å². The molecule has 0 radical (unpaired) electrons. The second-order valence-electron chi connectivity index (χ2n) is 7.19. The Morgan fingerprint density at radius 3 is 2.29 bits per heavy atom. The minimum atomic E-state index is -1.86. The molecule has 0 atom stereocenters. The van der Waals surface area contributed by atoms with Crippen LogP contribution < -0.4 is 2.89 Å². The molecule has 0 nitrogen and oxygen atoms in total. The van der Waals surface area contributed by atoms with Gasteiger partial charge in [0.05, 0.1) is 0 Å². The molecule has 2 rings (SSSR count). The second-order valence-corrected chi connectivity index (χ2v) is 24.6. The molecule has 0 aliphatic heterocycles. The zero-order valence-corrected chi connectivity index (χ0v) is 18.6. The summed E-state index contributed by atoms with van der Waals surface area (Å²) in [5, 5.41) is 2.42. The number of thiophene rings is 2. The molecule has 0 aromatic carbocycles. The fraction of sp³-hybridized carbons (Fsp3) is 0.667. The third-order valence-corrected chi connectivity index (χ3v) is 15.9. The molecule has 3 heteroatoms. The van der Waals surface area contributed by atoms with Crippen LogP contribution in [-0.2, 0) is 6.42 Å². The van der Waals surface area contributed by atoms with Gasteiger partial charge in [-0.05, 0) is 0 Å². The molecule has 0 unspecified atom stereocenters. The molecule has 0 amide bonds. The molecule has 2 aromatic heterocycles. The van der Waals surface area contributed by atoms with Crippen LogP contribution >= 0.6 is 22.7 Å². The number of unbranched alkanes of at least 4 members (excludes halogenated alkanes) is 6. The Bertz CT molecular complexity index is 545. The third kappa shape index (κ3) is 5.24. The van der Waals surface area contributed by atoms with Crippen LogP contribution in [0.3, 0.4) is 0 Å². The third-order valence-electron chi connectivity index (χ3n) is 4.11. The topological polar surface area (TPSA) is 0 Å². The van der Waals surface area contributed by atoms with Crippen LogP contribution in [0.1, 0.15) is 57.4 Å². The first-order chi connectivity index (χ1) is 10.0. The normalized spacial score (nSPS) is 12.4. The summed E-state index contributed by atoms with van der Waals surface area (Å²) in [6, 6.07) is 2.51. The average Bonchev–Trinajstić information content (AvgIpc) is 2.98. The first kappa shape index (κ1) is 17.8. The molecular formula is C18H30S2Sn. The van der Waals surface area contributed by atoms with E-state index in [0.717, 1.165) is 0 Å².